The van der Waals surface area contributed by atoms with Crippen molar-refractivity contribution in [1.29, 1.82) is 0 Å². The smallest absolute Gasteiger partial charge is 0.123 e. The third-order valence-corrected chi connectivity index (χ3v) is 11.4. The van der Waals surface area contributed by atoms with Crippen LogP contribution in [0.5, 0.6) is 11.5 Å². The fourth-order valence-corrected chi connectivity index (χ4v) is 8.26. The van der Waals surface area contributed by atoms with Gasteiger partial charge in [-0.1, -0.05) is 117 Å². The number of aryl methyl sites for hydroxylation is 2. The van der Waals surface area contributed by atoms with Crippen LogP contribution >= 0.6 is 0 Å². The zero-order valence-corrected chi connectivity index (χ0v) is 33.2. The zero-order valence-electron chi connectivity index (χ0n) is 33.2. The van der Waals surface area contributed by atoms with Crippen molar-refractivity contribution >= 4 is 54.1 Å². The maximum Gasteiger partial charge on any atom is 0.123 e. The molecule has 2 heterocycles. The molecule has 0 aliphatic heterocycles. The Morgan fingerprint density at radius 1 is 0.345 bits per heavy atom. The molecule has 0 amide bonds. The molecule has 0 atom stereocenters. The highest BCUT2D eigenvalue weighted by atomic mass is 16.5. The Balaban J connectivity index is 0.852. The van der Waals surface area contributed by atoms with Crippen molar-refractivity contribution in [3.63, 3.8) is 0 Å². The molecule has 9 rings (SSSR count). The number of nitrogens with zero attached hydrogens (tertiary/aromatic N) is 2. The number of ether oxygens (including phenoxy) is 2. The topological polar surface area (TPSA) is 44.2 Å². The molecule has 0 unspecified atom stereocenters. The highest BCUT2D eigenvalue weighted by Gasteiger charge is 2.11. The molecule has 9 aromatic rings. The first-order chi connectivity index (χ1) is 28.7. The summed E-state index contributed by atoms with van der Waals surface area (Å²) in [5.74, 6) is 1.72. The quantitative estimate of drug-likeness (QED) is 0.0685. The van der Waals surface area contributed by atoms with Crippen LogP contribution in [0.15, 0.2) is 158 Å². The van der Waals surface area contributed by atoms with E-state index in [1.807, 2.05) is 0 Å². The molecule has 0 aliphatic rings. The number of unbranched alkanes of at least 4 members (excludes halogenated alkanes) is 6. The van der Waals surface area contributed by atoms with E-state index in [0.717, 1.165) is 92.3 Å². The molecule has 0 radical (unpaired) electrons. The summed E-state index contributed by atoms with van der Waals surface area (Å²) in [6.45, 7) is 1.35. The van der Waals surface area contributed by atoms with Gasteiger partial charge in [0, 0.05) is 28.2 Å². The Hall–Kier alpha value is -6.26. The Kier molecular flexibility index (Phi) is 11.5. The Bertz CT molecular complexity index is 2720. The first-order valence-electron chi connectivity index (χ1n) is 21.2. The van der Waals surface area contributed by atoms with Crippen LogP contribution in [-0.4, -0.2) is 23.2 Å². The lowest BCUT2D eigenvalue weighted by Gasteiger charge is -2.15. The third-order valence-electron chi connectivity index (χ3n) is 11.4. The molecule has 58 heavy (non-hydrogen) atoms. The predicted octanol–water partition coefficient (Wildman–Crippen LogP) is 14.3. The number of pyridine rings is 2. The predicted molar refractivity (Wildman–Crippen MR) is 243 cm³/mol. The van der Waals surface area contributed by atoms with E-state index >= 15 is 0 Å². The van der Waals surface area contributed by atoms with E-state index in [1.165, 1.54) is 60.0 Å². The number of hydrogen-bond acceptors (Lipinski definition) is 4. The summed E-state index contributed by atoms with van der Waals surface area (Å²) in [6, 6.07) is 56.4. The lowest BCUT2D eigenvalue weighted by atomic mass is 9.94. The molecule has 0 N–H and O–H groups in total. The molecule has 0 spiro atoms. The van der Waals surface area contributed by atoms with Crippen LogP contribution in [0.3, 0.4) is 0 Å². The summed E-state index contributed by atoms with van der Waals surface area (Å²) < 4.78 is 13.0. The number of rotatable bonds is 17. The van der Waals surface area contributed by atoms with Gasteiger partial charge in [-0.25, -0.2) is 0 Å². The SMILES string of the molecule is c1ccc2cc3cc4c(-c5cc(OCCCCCCc6ccc7ccccc7n6)cc(OCCCCCCc6ccc7ccccc7n6)c5)cccc4cc3cc2c1. The number of benzene rings is 7. The second-order valence-corrected chi connectivity index (χ2v) is 15.6. The van der Waals surface area contributed by atoms with E-state index < -0.39 is 0 Å². The summed E-state index contributed by atoms with van der Waals surface area (Å²) in [6.07, 6.45) is 10.9. The van der Waals surface area contributed by atoms with Crippen molar-refractivity contribution in [2.45, 2.75) is 64.2 Å². The average Bonchev–Trinajstić information content (AvgIpc) is 3.26. The highest BCUT2D eigenvalue weighted by molar-refractivity contribution is 6.08. The largest absolute Gasteiger partial charge is 0.493 e. The van der Waals surface area contributed by atoms with Crippen LogP contribution < -0.4 is 9.47 Å². The van der Waals surface area contributed by atoms with E-state index in [-0.39, 0.29) is 0 Å². The van der Waals surface area contributed by atoms with Gasteiger partial charge in [0.25, 0.3) is 0 Å². The average molecular weight is 759 g/mol. The van der Waals surface area contributed by atoms with Gasteiger partial charge in [0.05, 0.1) is 24.2 Å². The van der Waals surface area contributed by atoms with Crippen molar-refractivity contribution in [1.82, 2.24) is 9.97 Å². The number of aromatic nitrogens is 2. The lowest BCUT2D eigenvalue weighted by Crippen LogP contribution is -2.01. The summed E-state index contributed by atoms with van der Waals surface area (Å²) in [7, 11) is 0. The molecule has 4 heteroatoms. The van der Waals surface area contributed by atoms with Gasteiger partial charge in [0.15, 0.2) is 0 Å². The van der Waals surface area contributed by atoms with Gasteiger partial charge < -0.3 is 9.47 Å². The monoisotopic (exact) mass is 758 g/mol. The van der Waals surface area contributed by atoms with E-state index in [9.17, 15) is 0 Å². The minimum Gasteiger partial charge on any atom is -0.493 e. The van der Waals surface area contributed by atoms with Crippen LogP contribution in [-0.2, 0) is 12.8 Å². The maximum atomic E-state index is 6.48. The van der Waals surface area contributed by atoms with Crippen molar-refractivity contribution < 1.29 is 9.47 Å². The summed E-state index contributed by atoms with van der Waals surface area (Å²) >= 11 is 0. The molecular formula is C54H50N2O2. The zero-order chi connectivity index (χ0) is 38.9. The molecule has 4 nitrogen and oxygen atoms in total. The molecule has 7 aromatic carbocycles. The van der Waals surface area contributed by atoms with E-state index in [1.54, 1.807) is 0 Å². The summed E-state index contributed by atoms with van der Waals surface area (Å²) in [5, 5.41) is 9.88. The van der Waals surface area contributed by atoms with Gasteiger partial charge in [-0.3, -0.25) is 9.97 Å². The van der Waals surface area contributed by atoms with Crippen molar-refractivity contribution in [3.05, 3.63) is 169 Å². The minimum atomic E-state index is 0.677. The number of para-hydroxylation sites is 2. The normalized spacial score (nSPS) is 11.6. The fraction of sp³-hybridized carbons (Fsp3) is 0.222. The highest BCUT2D eigenvalue weighted by Crippen LogP contribution is 2.37. The Morgan fingerprint density at radius 3 is 1.41 bits per heavy atom. The van der Waals surface area contributed by atoms with Crippen LogP contribution in [0.2, 0.25) is 0 Å². The van der Waals surface area contributed by atoms with Crippen LogP contribution in [0, 0.1) is 0 Å². The van der Waals surface area contributed by atoms with Crippen LogP contribution in [0.1, 0.15) is 62.8 Å². The van der Waals surface area contributed by atoms with Gasteiger partial charge in [-0.15, -0.1) is 0 Å². The van der Waals surface area contributed by atoms with Gasteiger partial charge in [0.1, 0.15) is 11.5 Å². The van der Waals surface area contributed by atoms with Gasteiger partial charge in [0.2, 0.25) is 0 Å². The van der Waals surface area contributed by atoms with Crippen LogP contribution in [0.4, 0.5) is 0 Å². The molecular weight excluding hydrogens is 709 g/mol. The second kappa shape index (κ2) is 17.9. The number of fused-ring (bicyclic) bond motifs is 5. The molecule has 0 bridgehead atoms. The first-order valence-corrected chi connectivity index (χ1v) is 21.2. The van der Waals surface area contributed by atoms with Gasteiger partial charge in [-0.2, -0.15) is 0 Å². The Morgan fingerprint density at radius 2 is 0.828 bits per heavy atom. The molecule has 288 valence electrons. The van der Waals surface area contributed by atoms with E-state index in [0.29, 0.717) is 13.2 Å². The molecule has 0 fully saturated rings. The maximum absolute atomic E-state index is 6.48. The summed E-state index contributed by atoms with van der Waals surface area (Å²) in [4.78, 5) is 9.71. The van der Waals surface area contributed by atoms with Crippen LogP contribution in [0.25, 0.3) is 65.3 Å². The summed E-state index contributed by atoms with van der Waals surface area (Å²) in [5.41, 5.74) is 6.81. The molecule has 0 aliphatic carbocycles. The van der Waals surface area contributed by atoms with Gasteiger partial charge in [-0.05, 0) is 143 Å². The Labute approximate surface area is 341 Å². The third kappa shape index (κ3) is 8.98. The van der Waals surface area contributed by atoms with E-state index in [4.69, 9.17) is 19.4 Å². The van der Waals surface area contributed by atoms with Gasteiger partial charge >= 0.3 is 0 Å². The van der Waals surface area contributed by atoms with Crippen molar-refractivity contribution in [2.24, 2.45) is 0 Å². The molecule has 0 saturated carbocycles. The lowest BCUT2D eigenvalue weighted by molar-refractivity contribution is 0.290. The molecule has 2 aromatic heterocycles. The fourth-order valence-electron chi connectivity index (χ4n) is 8.26. The second-order valence-electron chi connectivity index (χ2n) is 15.6. The minimum absolute atomic E-state index is 0.677. The van der Waals surface area contributed by atoms with Crippen molar-refractivity contribution in [2.75, 3.05) is 13.2 Å². The number of hydrogen-bond donors (Lipinski definition) is 0. The van der Waals surface area contributed by atoms with Crippen molar-refractivity contribution in [3.8, 4) is 22.6 Å². The standard InChI is InChI=1S/C54H50N2O2/c1(5-21-47-28-26-39-16-9-11-24-53(39)55-47)3-13-30-57-49-35-46(51-23-15-20-43-34-44-32-41-18-7-8-19-42(41)33-45(44)37-52(43)51)36-50(38-49)58-31-14-4-2-6-22-48-29-27-40-17-10-12-25-54(40)56-48/h7-12,15-20,23-29,32-38H,1-6,13-14,21-22,30-31H2. The van der Waals surface area contributed by atoms with E-state index in [2.05, 4.69) is 158 Å². The molecule has 0 saturated heterocycles. The first kappa shape index (κ1) is 37.3.